The number of imidazole rings is 1. The van der Waals surface area contributed by atoms with Crippen LogP contribution < -0.4 is 0 Å². The molecule has 0 radical (unpaired) electrons. The molecule has 5 heteroatoms. The molecule has 0 aliphatic carbocycles. The Morgan fingerprint density at radius 3 is 2.79 bits per heavy atom. The molecule has 1 aromatic carbocycles. The molecule has 19 heavy (non-hydrogen) atoms. The van der Waals surface area contributed by atoms with E-state index in [1.165, 1.54) is 12.5 Å². The van der Waals surface area contributed by atoms with Crippen LogP contribution in [0.2, 0.25) is 0 Å². The van der Waals surface area contributed by atoms with Crippen molar-refractivity contribution in [2.45, 2.75) is 13.0 Å². The molecule has 0 saturated carbocycles. The van der Waals surface area contributed by atoms with Gasteiger partial charge in [-0.05, 0) is 12.5 Å². The molecular weight excluding hydrogens is 244 g/mol. The zero-order valence-corrected chi connectivity index (χ0v) is 10.7. The van der Waals surface area contributed by atoms with Crippen molar-refractivity contribution < 1.29 is 14.6 Å². The summed E-state index contributed by atoms with van der Waals surface area (Å²) in [7, 11) is 0. The van der Waals surface area contributed by atoms with Crippen LogP contribution in [0.25, 0.3) is 0 Å². The van der Waals surface area contributed by atoms with Crippen molar-refractivity contribution in [3.63, 3.8) is 0 Å². The van der Waals surface area contributed by atoms with Crippen LogP contribution in [-0.2, 0) is 4.74 Å². The molecule has 0 spiro atoms. The van der Waals surface area contributed by atoms with Crippen LogP contribution in [0.4, 0.5) is 0 Å². The van der Waals surface area contributed by atoms with Gasteiger partial charge in [0.2, 0.25) is 0 Å². The van der Waals surface area contributed by atoms with Crippen LogP contribution in [0.1, 0.15) is 29.0 Å². The normalized spacial score (nSPS) is 12.1. The number of benzene rings is 1. The van der Waals surface area contributed by atoms with Gasteiger partial charge in [0.15, 0.2) is 0 Å². The van der Waals surface area contributed by atoms with Gasteiger partial charge in [0.05, 0.1) is 31.8 Å². The summed E-state index contributed by atoms with van der Waals surface area (Å²) in [6.07, 6.45) is 2.98. The molecule has 0 fully saturated rings. The second-order valence-corrected chi connectivity index (χ2v) is 4.02. The number of carbonyl (C=O) groups is 1. The van der Waals surface area contributed by atoms with E-state index in [-0.39, 0.29) is 12.6 Å². The highest BCUT2D eigenvalue weighted by Crippen LogP contribution is 2.20. The predicted molar refractivity (Wildman–Crippen MR) is 69.9 cm³/mol. The Hall–Kier alpha value is -2.14. The Morgan fingerprint density at radius 1 is 1.42 bits per heavy atom. The summed E-state index contributed by atoms with van der Waals surface area (Å²) >= 11 is 0. The quantitative estimate of drug-likeness (QED) is 0.830. The number of rotatable bonds is 5. The monoisotopic (exact) mass is 260 g/mol. The molecule has 0 saturated heterocycles. The van der Waals surface area contributed by atoms with Crippen molar-refractivity contribution in [3.05, 3.63) is 54.1 Å². The van der Waals surface area contributed by atoms with Crippen LogP contribution in [0, 0.1) is 0 Å². The third-order valence-electron chi connectivity index (χ3n) is 2.84. The summed E-state index contributed by atoms with van der Waals surface area (Å²) in [4.78, 5) is 15.8. The van der Waals surface area contributed by atoms with Crippen LogP contribution in [0.3, 0.4) is 0 Å². The lowest BCUT2D eigenvalue weighted by Gasteiger charge is -2.18. The van der Waals surface area contributed by atoms with E-state index in [2.05, 4.69) is 4.98 Å². The zero-order valence-electron chi connectivity index (χ0n) is 10.7. The first-order valence-corrected chi connectivity index (χ1v) is 6.12. The SMILES string of the molecule is CCOC(=O)c1cncn1C(CO)c1ccccc1. The number of nitrogens with zero attached hydrogens (tertiary/aromatic N) is 2. The third kappa shape index (κ3) is 2.82. The molecule has 0 aliphatic rings. The molecule has 1 atom stereocenters. The lowest BCUT2D eigenvalue weighted by Crippen LogP contribution is -2.20. The topological polar surface area (TPSA) is 64.3 Å². The van der Waals surface area contributed by atoms with Gasteiger partial charge in [-0.1, -0.05) is 30.3 Å². The van der Waals surface area contributed by atoms with Gasteiger partial charge >= 0.3 is 5.97 Å². The van der Waals surface area contributed by atoms with E-state index in [0.29, 0.717) is 12.3 Å². The van der Waals surface area contributed by atoms with Gasteiger partial charge in [-0.15, -0.1) is 0 Å². The average Bonchev–Trinajstić information content (AvgIpc) is 2.90. The lowest BCUT2D eigenvalue weighted by atomic mass is 10.1. The molecule has 2 rings (SSSR count). The van der Waals surface area contributed by atoms with Crippen molar-refractivity contribution in [1.29, 1.82) is 0 Å². The summed E-state index contributed by atoms with van der Waals surface area (Å²) in [5, 5.41) is 9.59. The molecule has 100 valence electrons. The number of ether oxygens (including phenoxy) is 1. The minimum Gasteiger partial charge on any atom is -0.461 e. The molecule has 0 bridgehead atoms. The van der Waals surface area contributed by atoms with Crippen molar-refractivity contribution in [2.24, 2.45) is 0 Å². The highest BCUT2D eigenvalue weighted by molar-refractivity contribution is 5.87. The van der Waals surface area contributed by atoms with Crippen LogP contribution in [-0.4, -0.2) is 33.8 Å². The standard InChI is InChI=1S/C14H16N2O3/c1-2-19-14(18)12-8-15-10-16(12)13(9-17)11-6-4-3-5-7-11/h3-8,10,13,17H,2,9H2,1H3. The van der Waals surface area contributed by atoms with E-state index >= 15 is 0 Å². The summed E-state index contributed by atoms with van der Waals surface area (Å²) in [6, 6.07) is 9.13. The minimum absolute atomic E-state index is 0.118. The molecular formula is C14H16N2O3. The van der Waals surface area contributed by atoms with Crippen molar-refractivity contribution in [2.75, 3.05) is 13.2 Å². The number of carbonyl (C=O) groups excluding carboxylic acids is 1. The first-order chi connectivity index (χ1) is 9.27. The maximum atomic E-state index is 11.8. The van der Waals surface area contributed by atoms with E-state index in [1.807, 2.05) is 30.3 Å². The Labute approximate surface area is 111 Å². The van der Waals surface area contributed by atoms with E-state index in [4.69, 9.17) is 4.74 Å². The number of aliphatic hydroxyl groups excluding tert-OH is 1. The van der Waals surface area contributed by atoms with Crippen molar-refractivity contribution in [1.82, 2.24) is 9.55 Å². The second-order valence-electron chi connectivity index (χ2n) is 4.02. The summed E-state index contributed by atoms with van der Waals surface area (Å²) in [5.41, 5.74) is 1.25. The van der Waals surface area contributed by atoms with E-state index in [9.17, 15) is 9.90 Å². The molecule has 1 N–H and O–H groups in total. The fraction of sp³-hybridized carbons (Fsp3) is 0.286. The van der Waals surface area contributed by atoms with E-state index in [1.54, 1.807) is 11.5 Å². The molecule has 5 nitrogen and oxygen atoms in total. The molecule has 1 aromatic heterocycles. The smallest absolute Gasteiger partial charge is 0.356 e. The maximum absolute atomic E-state index is 11.8. The van der Waals surface area contributed by atoms with E-state index in [0.717, 1.165) is 5.56 Å². The van der Waals surface area contributed by atoms with E-state index < -0.39 is 5.97 Å². The highest BCUT2D eigenvalue weighted by atomic mass is 16.5. The van der Waals surface area contributed by atoms with Gasteiger partial charge in [0.25, 0.3) is 0 Å². The van der Waals surface area contributed by atoms with Gasteiger partial charge in [-0.2, -0.15) is 0 Å². The number of aromatic nitrogens is 2. The Bertz CT molecular complexity index is 537. The Balaban J connectivity index is 2.35. The molecule has 0 amide bonds. The van der Waals surface area contributed by atoms with Gasteiger partial charge in [0, 0.05) is 0 Å². The van der Waals surface area contributed by atoms with Gasteiger partial charge in [-0.25, -0.2) is 9.78 Å². The number of esters is 1. The van der Waals surface area contributed by atoms with Crippen LogP contribution in [0.5, 0.6) is 0 Å². The Morgan fingerprint density at radius 2 is 2.16 bits per heavy atom. The highest BCUT2D eigenvalue weighted by Gasteiger charge is 2.20. The minimum atomic E-state index is -0.436. The van der Waals surface area contributed by atoms with Crippen molar-refractivity contribution >= 4 is 5.97 Å². The first kappa shape index (κ1) is 13.3. The largest absolute Gasteiger partial charge is 0.461 e. The summed E-state index contributed by atoms with van der Waals surface area (Å²) in [6.45, 7) is 1.94. The number of aliphatic hydroxyl groups is 1. The fourth-order valence-corrected chi connectivity index (χ4v) is 1.95. The predicted octanol–water partition coefficient (Wildman–Crippen LogP) is 1.64. The fourth-order valence-electron chi connectivity index (χ4n) is 1.95. The van der Waals surface area contributed by atoms with Crippen LogP contribution >= 0.6 is 0 Å². The zero-order chi connectivity index (χ0) is 13.7. The Kier molecular flexibility index (Phi) is 4.30. The number of hydrogen-bond donors (Lipinski definition) is 1. The molecule has 1 heterocycles. The van der Waals surface area contributed by atoms with Crippen LogP contribution in [0.15, 0.2) is 42.9 Å². The second kappa shape index (κ2) is 6.15. The third-order valence-corrected chi connectivity index (χ3v) is 2.84. The maximum Gasteiger partial charge on any atom is 0.356 e. The summed E-state index contributed by atoms with van der Waals surface area (Å²) in [5.74, 6) is -0.436. The average molecular weight is 260 g/mol. The van der Waals surface area contributed by atoms with Gasteiger partial charge in [0.1, 0.15) is 5.69 Å². The summed E-state index contributed by atoms with van der Waals surface area (Å²) < 4.78 is 6.61. The molecule has 2 aromatic rings. The van der Waals surface area contributed by atoms with Gasteiger partial charge in [-0.3, -0.25) is 0 Å². The molecule has 0 aliphatic heterocycles. The first-order valence-electron chi connectivity index (χ1n) is 6.12. The lowest BCUT2D eigenvalue weighted by molar-refractivity contribution is 0.0510. The molecule has 1 unspecified atom stereocenters. The van der Waals surface area contributed by atoms with Crippen molar-refractivity contribution in [3.8, 4) is 0 Å². The van der Waals surface area contributed by atoms with Gasteiger partial charge < -0.3 is 14.4 Å². The number of hydrogen-bond acceptors (Lipinski definition) is 4.